The summed E-state index contributed by atoms with van der Waals surface area (Å²) in [6, 6.07) is 4.15. The Bertz CT molecular complexity index is 474. The highest BCUT2D eigenvalue weighted by Crippen LogP contribution is 2.26. The Morgan fingerprint density at radius 2 is 2.24 bits per heavy atom. The average molecular weight is 250 g/mol. The van der Waals surface area contributed by atoms with Gasteiger partial charge in [0, 0.05) is 16.3 Å². The van der Waals surface area contributed by atoms with E-state index in [-0.39, 0.29) is 6.04 Å². The van der Waals surface area contributed by atoms with Gasteiger partial charge in [-0.15, -0.1) is 16.4 Å². The van der Waals surface area contributed by atoms with Crippen molar-refractivity contribution in [2.45, 2.75) is 39.3 Å². The highest BCUT2D eigenvalue weighted by molar-refractivity contribution is 7.12. The van der Waals surface area contributed by atoms with Crippen molar-refractivity contribution in [1.82, 2.24) is 15.0 Å². The molecule has 0 aliphatic heterocycles. The quantitative estimate of drug-likeness (QED) is 0.886. The predicted molar refractivity (Wildman–Crippen MR) is 70.0 cm³/mol. The number of hydrogen-bond acceptors (Lipinski definition) is 4. The van der Waals surface area contributed by atoms with Crippen LogP contribution in [0.4, 0.5) is 0 Å². The molecular weight excluding hydrogens is 232 g/mol. The summed E-state index contributed by atoms with van der Waals surface area (Å²) in [6.07, 6.45) is 3.86. The molecule has 0 amide bonds. The molecule has 92 valence electrons. The van der Waals surface area contributed by atoms with Gasteiger partial charge in [-0.1, -0.05) is 19.1 Å². The van der Waals surface area contributed by atoms with E-state index in [1.807, 2.05) is 4.68 Å². The number of rotatable bonds is 5. The molecule has 0 aliphatic rings. The lowest BCUT2D eigenvalue weighted by atomic mass is 10.2. The van der Waals surface area contributed by atoms with Crippen LogP contribution in [0.3, 0.4) is 0 Å². The van der Waals surface area contributed by atoms with Gasteiger partial charge in [0.15, 0.2) is 0 Å². The Morgan fingerprint density at radius 3 is 2.88 bits per heavy atom. The van der Waals surface area contributed by atoms with Gasteiger partial charge in [0.1, 0.15) is 0 Å². The summed E-state index contributed by atoms with van der Waals surface area (Å²) < 4.78 is 1.90. The molecule has 2 aromatic heterocycles. The van der Waals surface area contributed by atoms with Gasteiger partial charge in [-0.05, 0) is 25.0 Å². The van der Waals surface area contributed by atoms with Crippen molar-refractivity contribution in [3.05, 3.63) is 33.8 Å². The van der Waals surface area contributed by atoms with E-state index in [1.54, 1.807) is 17.5 Å². The molecule has 2 heterocycles. The summed E-state index contributed by atoms with van der Waals surface area (Å²) in [5.41, 5.74) is 7.27. The van der Waals surface area contributed by atoms with E-state index in [1.165, 1.54) is 9.75 Å². The lowest BCUT2D eigenvalue weighted by Gasteiger charge is -2.10. The number of aromatic nitrogens is 3. The molecule has 5 heteroatoms. The van der Waals surface area contributed by atoms with Gasteiger partial charge < -0.3 is 5.73 Å². The Morgan fingerprint density at radius 1 is 1.41 bits per heavy atom. The Balaban J connectivity index is 2.23. The van der Waals surface area contributed by atoms with E-state index in [4.69, 9.17) is 5.73 Å². The van der Waals surface area contributed by atoms with Crippen LogP contribution in [0.15, 0.2) is 18.3 Å². The van der Waals surface area contributed by atoms with E-state index >= 15 is 0 Å². The molecule has 0 saturated carbocycles. The van der Waals surface area contributed by atoms with Gasteiger partial charge >= 0.3 is 0 Å². The molecule has 0 aromatic carbocycles. The molecule has 17 heavy (non-hydrogen) atoms. The maximum Gasteiger partial charge on any atom is 0.0833 e. The van der Waals surface area contributed by atoms with Crippen LogP contribution in [0.1, 0.15) is 41.8 Å². The highest BCUT2D eigenvalue weighted by Gasteiger charge is 2.16. The maximum absolute atomic E-state index is 6.27. The largest absolute Gasteiger partial charge is 0.318 e. The van der Waals surface area contributed by atoms with Crippen LogP contribution in [0.2, 0.25) is 0 Å². The van der Waals surface area contributed by atoms with E-state index < -0.39 is 0 Å². The van der Waals surface area contributed by atoms with E-state index in [9.17, 15) is 0 Å². The maximum atomic E-state index is 6.27. The van der Waals surface area contributed by atoms with Crippen molar-refractivity contribution in [3.8, 4) is 0 Å². The van der Waals surface area contributed by atoms with E-state index in [0.717, 1.165) is 25.1 Å². The van der Waals surface area contributed by atoms with Crippen molar-refractivity contribution in [2.75, 3.05) is 0 Å². The molecule has 0 aliphatic carbocycles. The zero-order chi connectivity index (χ0) is 12.3. The second-order valence-corrected chi connectivity index (χ2v) is 5.22. The molecule has 0 fully saturated rings. The molecule has 4 nitrogen and oxygen atoms in total. The number of aryl methyl sites for hydroxylation is 2. The van der Waals surface area contributed by atoms with Crippen LogP contribution in [-0.2, 0) is 13.0 Å². The van der Waals surface area contributed by atoms with Crippen molar-refractivity contribution in [1.29, 1.82) is 0 Å². The first-order valence-corrected chi connectivity index (χ1v) is 6.80. The summed E-state index contributed by atoms with van der Waals surface area (Å²) in [5.74, 6) is 0. The zero-order valence-corrected chi connectivity index (χ0v) is 11.1. The third-order valence-corrected chi connectivity index (χ3v) is 4.05. The standard InChI is InChI=1S/C12H18N4S/c1-3-7-16-10(8-14-15-16)12(13)11-6-5-9(4-2)17-11/h5-6,8,12H,3-4,7,13H2,1-2H3. The van der Waals surface area contributed by atoms with Crippen LogP contribution in [0, 0.1) is 0 Å². The Hall–Kier alpha value is -1.20. The minimum Gasteiger partial charge on any atom is -0.318 e. The van der Waals surface area contributed by atoms with Crippen molar-refractivity contribution < 1.29 is 0 Å². The fraction of sp³-hybridized carbons (Fsp3) is 0.500. The molecule has 0 saturated heterocycles. The summed E-state index contributed by atoms with van der Waals surface area (Å²) in [4.78, 5) is 2.55. The first kappa shape index (κ1) is 12.3. The molecule has 2 aromatic rings. The van der Waals surface area contributed by atoms with Gasteiger partial charge in [-0.3, -0.25) is 0 Å². The molecule has 0 spiro atoms. The summed E-state index contributed by atoms with van der Waals surface area (Å²) in [6.45, 7) is 5.15. The Kier molecular flexibility index (Phi) is 3.91. The monoisotopic (exact) mass is 250 g/mol. The van der Waals surface area contributed by atoms with Gasteiger partial charge in [-0.25, -0.2) is 4.68 Å². The van der Waals surface area contributed by atoms with Crippen LogP contribution in [-0.4, -0.2) is 15.0 Å². The van der Waals surface area contributed by atoms with Crippen molar-refractivity contribution >= 4 is 11.3 Å². The molecular formula is C12H18N4S. The SMILES string of the molecule is CCCn1nncc1C(N)c1ccc(CC)s1. The summed E-state index contributed by atoms with van der Waals surface area (Å²) in [7, 11) is 0. The molecule has 0 bridgehead atoms. The Labute approximate surface area is 105 Å². The van der Waals surface area contributed by atoms with Crippen LogP contribution >= 0.6 is 11.3 Å². The lowest BCUT2D eigenvalue weighted by Crippen LogP contribution is -2.16. The first-order chi connectivity index (χ1) is 8.26. The van der Waals surface area contributed by atoms with Crippen molar-refractivity contribution in [2.24, 2.45) is 5.73 Å². The van der Waals surface area contributed by atoms with Crippen LogP contribution in [0.25, 0.3) is 0 Å². The second-order valence-electron chi connectivity index (χ2n) is 4.02. The second kappa shape index (κ2) is 5.42. The first-order valence-electron chi connectivity index (χ1n) is 5.98. The van der Waals surface area contributed by atoms with Crippen LogP contribution < -0.4 is 5.73 Å². The number of thiophene rings is 1. The topological polar surface area (TPSA) is 56.7 Å². The summed E-state index contributed by atoms with van der Waals surface area (Å²) in [5, 5.41) is 8.02. The molecule has 2 rings (SSSR count). The normalized spacial score (nSPS) is 12.9. The molecule has 1 atom stereocenters. The summed E-state index contributed by atoms with van der Waals surface area (Å²) >= 11 is 1.77. The molecule has 2 N–H and O–H groups in total. The predicted octanol–water partition coefficient (Wildman–Crippen LogP) is 2.36. The zero-order valence-electron chi connectivity index (χ0n) is 10.3. The third-order valence-electron chi connectivity index (χ3n) is 2.74. The van der Waals surface area contributed by atoms with E-state index in [0.29, 0.717) is 0 Å². The van der Waals surface area contributed by atoms with Crippen LogP contribution in [0.5, 0.6) is 0 Å². The molecule has 1 unspecified atom stereocenters. The smallest absolute Gasteiger partial charge is 0.0833 e. The van der Waals surface area contributed by atoms with Gasteiger partial charge in [0.05, 0.1) is 17.9 Å². The lowest BCUT2D eigenvalue weighted by molar-refractivity contribution is 0.545. The van der Waals surface area contributed by atoms with Crippen molar-refractivity contribution in [3.63, 3.8) is 0 Å². The van der Waals surface area contributed by atoms with Gasteiger partial charge in [0.2, 0.25) is 0 Å². The minimum atomic E-state index is -0.109. The third kappa shape index (κ3) is 2.56. The number of nitrogens with zero attached hydrogens (tertiary/aromatic N) is 3. The highest BCUT2D eigenvalue weighted by atomic mass is 32.1. The fourth-order valence-electron chi connectivity index (χ4n) is 1.79. The molecule has 0 radical (unpaired) electrons. The van der Waals surface area contributed by atoms with Gasteiger partial charge in [0.25, 0.3) is 0 Å². The average Bonchev–Trinajstić information content (AvgIpc) is 2.97. The van der Waals surface area contributed by atoms with E-state index in [2.05, 4.69) is 36.3 Å². The number of nitrogens with two attached hydrogens (primary N) is 1. The van der Waals surface area contributed by atoms with Gasteiger partial charge in [-0.2, -0.15) is 0 Å². The number of hydrogen-bond donors (Lipinski definition) is 1. The minimum absolute atomic E-state index is 0.109. The fourth-order valence-corrected chi connectivity index (χ4v) is 2.76.